The second-order valence-electron chi connectivity index (χ2n) is 6.06. The maximum absolute atomic E-state index is 11.1. The number of sulfone groups is 1. The number of rotatable bonds is 5. The van der Waals surface area contributed by atoms with Crippen LogP contribution < -0.4 is 0 Å². The van der Waals surface area contributed by atoms with Gasteiger partial charge < -0.3 is 5.11 Å². The first-order chi connectivity index (χ1) is 7.72. The summed E-state index contributed by atoms with van der Waals surface area (Å²) in [4.78, 5) is 0. The van der Waals surface area contributed by atoms with E-state index in [1.807, 2.05) is 0 Å². The lowest BCUT2D eigenvalue weighted by molar-refractivity contribution is -0.0313. The maximum atomic E-state index is 11.1. The van der Waals surface area contributed by atoms with Gasteiger partial charge in [0.15, 0.2) is 0 Å². The molecule has 1 fully saturated rings. The van der Waals surface area contributed by atoms with Crippen molar-refractivity contribution in [3.8, 4) is 0 Å². The highest BCUT2D eigenvalue weighted by Gasteiger charge is 2.34. The molecule has 2 atom stereocenters. The number of hydrogen-bond acceptors (Lipinski definition) is 3. The van der Waals surface area contributed by atoms with E-state index >= 15 is 0 Å². The van der Waals surface area contributed by atoms with Crippen molar-refractivity contribution < 1.29 is 13.5 Å². The summed E-state index contributed by atoms with van der Waals surface area (Å²) in [6, 6.07) is 0. The maximum Gasteiger partial charge on any atom is 0.147 e. The van der Waals surface area contributed by atoms with Crippen molar-refractivity contribution in [2.75, 3.05) is 12.0 Å². The molecule has 17 heavy (non-hydrogen) atoms. The molecule has 2 unspecified atom stereocenters. The van der Waals surface area contributed by atoms with Crippen LogP contribution in [0.15, 0.2) is 0 Å². The van der Waals surface area contributed by atoms with Gasteiger partial charge in [0, 0.05) is 12.0 Å². The summed E-state index contributed by atoms with van der Waals surface area (Å²) in [5.74, 6) is 1.39. The molecule has 1 saturated carbocycles. The van der Waals surface area contributed by atoms with Gasteiger partial charge in [0.1, 0.15) is 9.84 Å². The van der Waals surface area contributed by atoms with Crippen molar-refractivity contribution in [1.82, 2.24) is 0 Å². The fourth-order valence-electron chi connectivity index (χ4n) is 2.84. The molecular weight excluding hydrogens is 236 g/mol. The lowest BCUT2D eigenvalue weighted by Gasteiger charge is -2.38. The standard InChI is InChI=1S/C13H26O3S/c1-11(2)12-6-4-7-13(14,10-12)8-5-9-17(3,15)16/h11-12,14H,4-10H2,1-3H3. The van der Waals surface area contributed by atoms with E-state index in [2.05, 4.69) is 13.8 Å². The van der Waals surface area contributed by atoms with Gasteiger partial charge in [-0.3, -0.25) is 0 Å². The Kier molecular flexibility index (Phi) is 5.02. The van der Waals surface area contributed by atoms with E-state index in [0.717, 1.165) is 19.3 Å². The number of hydrogen-bond donors (Lipinski definition) is 1. The third kappa shape index (κ3) is 5.38. The predicted octanol–water partition coefficient (Wildman–Crippen LogP) is 2.39. The summed E-state index contributed by atoms with van der Waals surface area (Å²) in [7, 11) is -2.89. The van der Waals surface area contributed by atoms with E-state index in [1.54, 1.807) is 0 Å². The molecule has 1 aliphatic rings. The second-order valence-corrected chi connectivity index (χ2v) is 8.32. The first-order valence-corrected chi connectivity index (χ1v) is 8.68. The normalized spacial score (nSPS) is 30.8. The summed E-state index contributed by atoms with van der Waals surface area (Å²) >= 11 is 0. The Morgan fingerprint density at radius 2 is 2.06 bits per heavy atom. The van der Waals surface area contributed by atoms with E-state index in [9.17, 15) is 13.5 Å². The van der Waals surface area contributed by atoms with Crippen molar-refractivity contribution in [3.63, 3.8) is 0 Å². The summed E-state index contributed by atoms with van der Waals surface area (Å²) < 4.78 is 22.1. The Hall–Kier alpha value is -0.0900. The van der Waals surface area contributed by atoms with Crippen molar-refractivity contribution in [3.05, 3.63) is 0 Å². The zero-order valence-electron chi connectivity index (χ0n) is 11.3. The van der Waals surface area contributed by atoms with Gasteiger partial charge in [0.05, 0.1) is 5.60 Å². The molecule has 0 saturated heterocycles. The Bertz CT molecular complexity index is 335. The van der Waals surface area contributed by atoms with Crippen LogP contribution in [0.5, 0.6) is 0 Å². The fourth-order valence-corrected chi connectivity index (χ4v) is 3.51. The van der Waals surface area contributed by atoms with Crippen LogP contribution in [0.3, 0.4) is 0 Å². The topological polar surface area (TPSA) is 54.4 Å². The highest BCUT2D eigenvalue weighted by Crippen LogP contribution is 2.38. The molecule has 102 valence electrons. The smallest absolute Gasteiger partial charge is 0.147 e. The van der Waals surface area contributed by atoms with Gasteiger partial charge in [0.25, 0.3) is 0 Å². The highest BCUT2D eigenvalue weighted by molar-refractivity contribution is 7.90. The van der Waals surface area contributed by atoms with Crippen molar-refractivity contribution in [2.24, 2.45) is 11.8 Å². The summed E-state index contributed by atoms with van der Waals surface area (Å²) in [5, 5.41) is 10.5. The minimum Gasteiger partial charge on any atom is -0.390 e. The van der Waals surface area contributed by atoms with Crippen LogP contribution >= 0.6 is 0 Å². The number of aliphatic hydroxyl groups is 1. The van der Waals surface area contributed by atoms with E-state index in [-0.39, 0.29) is 5.75 Å². The van der Waals surface area contributed by atoms with Gasteiger partial charge in [-0.05, 0) is 43.9 Å². The van der Waals surface area contributed by atoms with Gasteiger partial charge in [-0.15, -0.1) is 0 Å². The lowest BCUT2D eigenvalue weighted by Crippen LogP contribution is -2.37. The molecule has 0 bridgehead atoms. The molecule has 1 N–H and O–H groups in total. The summed E-state index contributed by atoms with van der Waals surface area (Å²) in [6.07, 6.45) is 6.41. The molecule has 0 aromatic heterocycles. The first-order valence-electron chi connectivity index (χ1n) is 6.62. The van der Waals surface area contributed by atoms with Gasteiger partial charge in [-0.2, -0.15) is 0 Å². The molecule has 0 aromatic carbocycles. The molecule has 1 rings (SSSR count). The minimum atomic E-state index is -2.89. The highest BCUT2D eigenvalue weighted by atomic mass is 32.2. The van der Waals surface area contributed by atoms with E-state index in [4.69, 9.17) is 0 Å². The van der Waals surface area contributed by atoms with Crippen LogP contribution in [0.2, 0.25) is 0 Å². The third-order valence-corrected chi connectivity index (χ3v) is 4.99. The van der Waals surface area contributed by atoms with Gasteiger partial charge in [-0.25, -0.2) is 8.42 Å². The SMILES string of the molecule is CC(C)C1CCCC(O)(CCCS(C)(=O)=O)C1. The average molecular weight is 262 g/mol. The zero-order valence-corrected chi connectivity index (χ0v) is 12.1. The zero-order chi connectivity index (χ0) is 13.1. The lowest BCUT2D eigenvalue weighted by atomic mass is 9.72. The van der Waals surface area contributed by atoms with E-state index in [0.29, 0.717) is 24.7 Å². The largest absolute Gasteiger partial charge is 0.390 e. The van der Waals surface area contributed by atoms with E-state index in [1.165, 1.54) is 12.7 Å². The Morgan fingerprint density at radius 3 is 2.59 bits per heavy atom. The molecule has 4 heteroatoms. The van der Waals surface area contributed by atoms with Crippen molar-refractivity contribution in [1.29, 1.82) is 0 Å². The molecule has 1 aliphatic carbocycles. The summed E-state index contributed by atoms with van der Waals surface area (Å²) in [5.41, 5.74) is -0.613. The van der Waals surface area contributed by atoms with Crippen LogP contribution in [0.1, 0.15) is 52.4 Å². The summed E-state index contributed by atoms with van der Waals surface area (Å²) in [6.45, 7) is 4.40. The fraction of sp³-hybridized carbons (Fsp3) is 1.00. The van der Waals surface area contributed by atoms with Crippen LogP contribution in [0, 0.1) is 11.8 Å². The monoisotopic (exact) mass is 262 g/mol. The van der Waals surface area contributed by atoms with E-state index < -0.39 is 15.4 Å². The Balaban J connectivity index is 2.45. The van der Waals surface area contributed by atoms with Gasteiger partial charge >= 0.3 is 0 Å². The van der Waals surface area contributed by atoms with Crippen LogP contribution in [-0.2, 0) is 9.84 Å². The molecule has 0 spiro atoms. The van der Waals surface area contributed by atoms with Crippen molar-refractivity contribution >= 4 is 9.84 Å². The average Bonchev–Trinajstić information content (AvgIpc) is 2.15. The quantitative estimate of drug-likeness (QED) is 0.827. The van der Waals surface area contributed by atoms with Gasteiger partial charge in [-0.1, -0.05) is 20.3 Å². The second kappa shape index (κ2) is 5.70. The Morgan fingerprint density at radius 1 is 1.41 bits per heavy atom. The van der Waals surface area contributed by atoms with Crippen LogP contribution in [-0.4, -0.2) is 31.1 Å². The minimum absolute atomic E-state index is 0.196. The predicted molar refractivity (Wildman–Crippen MR) is 70.7 cm³/mol. The third-order valence-electron chi connectivity index (χ3n) is 3.96. The molecule has 0 aliphatic heterocycles. The molecule has 0 heterocycles. The first kappa shape index (κ1) is 15.0. The van der Waals surface area contributed by atoms with Gasteiger partial charge in [0.2, 0.25) is 0 Å². The molecule has 3 nitrogen and oxygen atoms in total. The molecular formula is C13H26O3S. The Labute approximate surface area is 106 Å². The van der Waals surface area contributed by atoms with Crippen LogP contribution in [0.4, 0.5) is 0 Å². The van der Waals surface area contributed by atoms with Crippen molar-refractivity contribution in [2.45, 2.75) is 58.0 Å². The van der Waals surface area contributed by atoms with Crippen LogP contribution in [0.25, 0.3) is 0 Å². The molecule has 0 aromatic rings. The molecule has 0 radical (unpaired) electrons. The molecule has 0 amide bonds.